The molecular weight excluding hydrogens is 334 g/mol. The van der Waals surface area contributed by atoms with Gasteiger partial charge in [0.25, 0.3) is 11.6 Å². The molecule has 7 nitrogen and oxygen atoms in total. The summed E-state index contributed by atoms with van der Waals surface area (Å²) in [5.74, 6) is 0.121. The lowest BCUT2D eigenvalue weighted by atomic mass is 9.87. The van der Waals surface area contributed by atoms with E-state index in [9.17, 15) is 14.9 Å². The van der Waals surface area contributed by atoms with Crippen molar-refractivity contribution in [3.8, 4) is 5.75 Å². The molecule has 0 aromatic heterocycles. The topological polar surface area (TPSA) is 93.8 Å². The first-order valence-corrected chi connectivity index (χ1v) is 8.06. The third kappa shape index (κ3) is 5.41. The van der Waals surface area contributed by atoms with Crippen LogP contribution in [0.4, 0.5) is 5.69 Å². The summed E-state index contributed by atoms with van der Waals surface area (Å²) in [5, 5.41) is 14.6. The number of nitro benzene ring substituents is 1. The number of nitrogens with zero attached hydrogens (tertiary/aromatic N) is 2. The molecular formula is C19H21N3O4. The molecule has 0 heterocycles. The van der Waals surface area contributed by atoms with Gasteiger partial charge in [-0.15, -0.1) is 0 Å². The fourth-order valence-corrected chi connectivity index (χ4v) is 2.17. The Labute approximate surface area is 151 Å². The van der Waals surface area contributed by atoms with Gasteiger partial charge >= 0.3 is 0 Å². The predicted molar refractivity (Wildman–Crippen MR) is 99.5 cm³/mol. The van der Waals surface area contributed by atoms with Crippen molar-refractivity contribution in [1.82, 2.24) is 5.43 Å². The van der Waals surface area contributed by atoms with Gasteiger partial charge in [-0.05, 0) is 29.2 Å². The van der Waals surface area contributed by atoms with Gasteiger partial charge in [0.05, 0.1) is 16.7 Å². The Morgan fingerprint density at radius 2 is 1.85 bits per heavy atom. The Morgan fingerprint density at radius 1 is 1.19 bits per heavy atom. The van der Waals surface area contributed by atoms with Crippen LogP contribution in [0.25, 0.3) is 0 Å². The van der Waals surface area contributed by atoms with E-state index in [-0.39, 0.29) is 17.7 Å². The molecule has 0 unspecified atom stereocenters. The van der Waals surface area contributed by atoms with Gasteiger partial charge in [-0.3, -0.25) is 14.9 Å². The molecule has 0 fully saturated rings. The summed E-state index contributed by atoms with van der Waals surface area (Å²) in [6.45, 7) is 6.14. The van der Waals surface area contributed by atoms with Gasteiger partial charge in [0.2, 0.25) is 0 Å². The molecule has 7 heteroatoms. The summed E-state index contributed by atoms with van der Waals surface area (Å²) in [6, 6.07) is 13.7. The Hall–Kier alpha value is -3.22. The number of hydrazone groups is 1. The lowest BCUT2D eigenvalue weighted by Crippen LogP contribution is -2.24. The van der Waals surface area contributed by atoms with E-state index in [2.05, 4.69) is 31.3 Å². The number of carbonyl (C=O) groups excluding carboxylic acids is 1. The van der Waals surface area contributed by atoms with Crippen LogP contribution in [0.5, 0.6) is 5.75 Å². The highest BCUT2D eigenvalue weighted by Gasteiger charge is 2.13. The summed E-state index contributed by atoms with van der Waals surface area (Å²) < 4.78 is 5.41. The third-order valence-electron chi connectivity index (χ3n) is 3.62. The number of benzene rings is 2. The summed E-state index contributed by atoms with van der Waals surface area (Å²) in [7, 11) is 0. The number of carbonyl (C=O) groups is 1. The van der Waals surface area contributed by atoms with E-state index >= 15 is 0 Å². The average molecular weight is 355 g/mol. The number of nitrogens with one attached hydrogen (secondary N) is 1. The van der Waals surface area contributed by atoms with Gasteiger partial charge in [-0.2, -0.15) is 5.10 Å². The Kier molecular flexibility index (Phi) is 6.06. The fourth-order valence-electron chi connectivity index (χ4n) is 2.17. The first kappa shape index (κ1) is 19.1. The van der Waals surface area contributed by atoms with E-state index in [0.29, 0.717) is 11.3 Å². The minimum Gasteiger partial charge on any atom is -0.484 e. The SMILES string of the molecule is CC(C)(C)c1ccc(OCC(=O)NN=Cc2ccccc2[N+](=O)[O-])cc1. The van der Waals surface area contributed by atoms with Gasteiger partial charge in [-0.25, -0.2) is 5.43 Å². The summed E-state index contributed by atoms with van der Waals surface area (Å²) in [5.41, 5.74) is 3.72. The number of nitro groups is 1. The molecule has 0 bridgehead atoms. The molecule has 0 aliphatic heterocycles. The molecule has 1 N–H and O–H groups in total. The number of para-hydroxylation sites is 1. The molecule has 1 amide bonds. The van der Waals surface area contributed by atoms with Crippen LogP contribution in [0.2, 0.25) is 0 Å². The number of hydrogen-bond acceptors (Lipinski definition) is 5. The Bertz CT molecular complexity index is 808. The summed E-state index contributed by atoms with van der Waals surface area (Å²) >= 11 is 0. The largest absolute Gasteiger partial charge is 0.484 e. The third-order valence-corrected chi connectivity index (χ3v) is 3.62. The van der Waals surface area contributed by atoms with Crippen molar-refractivity contribution in [2.45, 2.75) is 26.2 Å². The molecule has 0 aliphatic rings. The van der Waals surface area contributed by atoms with Crippen molar-refractivity contribution in [3.63, 3.8) is 0 Å². The van der Waals surface area contributed by atoms with Crippen LogP contribution in [-0.2, 0) is 10.2 Å². The first-order valence-electron chi connectivity index (χ1n) is 8.06. The van der Waals surface area contributed by atoms with Gasteiger partial charge in [0.1, 0.15) is 5.75 Å². The minimum absolute atomic E-state index is 0.0463. The van der Waals surface area contributed by atoms with Crippen LogP contribution in [0, 0.1) is 10.1 Å². The second-order valence-corrected chi connectivity index (χ2v) is 6.67. The monoisotopic (exact) mass is 355 g/mol. The highest BCUT2D eigenvalue weighted by Crippen LogP contribution is 2.24. The van der Waals surface area contributed by atoms with Crippen molar-refractivity contribution < 1.29 is 14.5 Å². The highest BCUT2D eigenvalue weighted by molar-refractivity contribution is 5.86. The second kappa shape index (κ2) is 8.24. The van der Waals surface area contributed by atoms with Crippen molar-refractivity contribution >= 4 is 17.8 Å². The number of amides is 1. The van der Waals surface area contributed by atoms with Gasteiger partial charge in [0.15, 0.2) is 6.61 Å². The molecule has 2 aromatic rings. The lowest BCUT2D eigenvalue weighted by Gasteiger charge is -2.19. The zero-order valence-electron chi connectivity index (χ0n) is 14.9. The molecule has 0 radical (unpaired) electrons. The first-order chi connectivity index (χ1) is 12.3. The van der Waals surface area contributed by atoms with Crippen LogP contribution in [0.15, 0.2) is 53.6 Å². The van der Waals surface area contributed by atoms with Crippen LogP contribution in [0.3, 0.4) is 0 Å². The molecule has 136 valence electrons. The van der Waals surface area contributed by atoms with Crippen LogP contribution in [0.1, 0.15) is 31.9 Å². The van der Waals surface area contributed by atoms with Crippen LogP contribution in [-0.4, -0.2) is 23.7 Å². The van der Waals surface area contributed by atoms with E-state index in [1.54, 1.807) is 18.2 Å². The molecule has 0 atom stereocenters. The zero-order valence-corrected chi connectivity index (χ0v) is 14.9. The van der Waals surface area contributed by atoms with Gasteiger partial charge < -0.3 is 4.74 Å². The Morgan fingerprint density at radius 3 is 2.46 bits per heavy atom. The normalized spacial score (nSPS) is 11.3. The number of ether oxygens (including phenoxy) is 1. The van der Waals surface area contributed by atoms with Crippen molar-refractivity contribution in [2.75, 3.05) is 6.61 Å². The number of rotatable bonds is 6. The van der Waals surface area contributed by atoms with Gasteiger partial charge in [-0.1, -0.05) is 45.0 Å². The van der Waals surface area contributed by atoms with Gasteiger partial charge in [0, 0.05) is 6.07 Å². The standard InChI is InChI=1S/C19H21N3O4/c1-19(2,3)15-8-10-16(11-9-15)26-13-18(23)21-20-12-14-6-4-5-7-17(14)22(24)25/h4-12H,13H2,1-3H3,(H,21,23). The molecule has 2 rings (SSSR count). The second-order valence-electron chi connectivity index (χ2n) is 6.67. The lowest BCUT2D eigenvalue weighted by molar-refractivity contribution is -0.385. The zero-order chi connectivity index (χ0) is 19.2. The van der Waals surface area contributed by atoms with Crippen molar-refractivity contribution in [3.05, 3.63) is 69.8 Å². The van der Waals surface area contributed by atoms with Crippen LogP contribution >= 0.6 is 0 Å². The van der Waals surface area contributed by atoms with Crippen molar-refractivity contribution in [2.24, 2.45) is 5.10 Å². The molecule has 26 heavy (non-hydrogen) atoms. The summed E-state index contributed by atoms with van der Waals surface area (Å²) in [4.78, 5) is 22.2. The maximum absolute atomic E-state index is 11.8. The molecule has 2 aromatic carbocycles. The maximum Gasteiger partial charge on any atom is 0.278 e. The minimum atomic E-state index is -0.506. The summed E-state index contributed by atoms with van der Waals surface area (Å²) in [6.07, 6.45) is 1.23. The van der Waals surface area contributed by atoms with E-state index in [0.717, 1.165) is 0 Å². The van der Waals surface area contributed by atoms with Crippen LogP contribution < -0.4 is 10.2 Å². The molecule has 0 spiro atoms. The molecule has 0 saturated carbocycles. The van der Waals surface area contributed by atoms with E-state index in [1.165, 1.54) is 17.8 Å². The molecule has 0 aliphatic carbocycles. The smallest absolute Gasteiger partial charge is 0.278 e. The Balaban J connectivity index is 1.87. The number of hydrogen-bond donors (Lipinski definition) is 1. The van der Waals surface area contributed by atoms with Crippen molar-refractivity contribution in [1.29, 1.82) is 0 Å². The average Bonchev–Trinajstić information content (AvgIpc) is 2.60. The molecule has 0 saturated heterocycles. The van der Waals surface area contributed by atoms with E-state index in [4.69, 9.17) is 4.74 Å². The predicted octanol–water partition coefficient (Wildman–Crippen LogP) is 3.42. The van der Waals surface area contributed by atoms with E-state index < -0.39 is 10.8 Å². The highest BCUT2D eigenvalue weighted by atomic mass is 16.6. The van der Waals surface area contributed by atoms with E-state index in [1.807, 2.05) is 24.3 Å². The fraction of sp³-hybridized carbons (Fsp3) is 0.263. The maximum atomic E-state index is 11.8. The quantitative estimate of drug-likeness (QED) is 0.488.